The zero-order chi connectivity index (χ0) is 17.6. The molecular weight excluding hydrogens is 353 g/mol. The lowest BCUT2D eigenvalue weighted by Crippen LogP contribution is -2.27. The summed E-state index contributed by atoms with van der Waals surface area (Å²) in [5.74, 6) is 0. The number of dihydropyridines is 1. The molecule has 2 heterocycles. The number of aliphatic imine (C=N–C) groups is 1. The van der Waals surface area contributed by atoms with E-state index in [-0.39, 0.29) is 11.6 Å². The maximum Gasteiger partial charge on any atom is 0.0814 e. The normalized spacial score (nSPS) is 20.9. The summed E-state index contributed by atoms with van der Waals surface area (Å²) in [5.41, 5.74) is 5.25. The molecule has 2 N–H and O–H groups in total. The molecule has 4 rings (SSSR count). The predicted molar refractivity (Wildman–Crippen MR) is 107 cm³/mol. The number of halogens is 2. The highest BCUT2D eigenvalue weighted by Crippen LogP contribution is 2.42. The number of rotatable bonds is 1. The van der Waals surface area contributed by atoms with E-state index in [1.54, 1.807) is 6.07 Å². The number of benzene rings is 2. The Hall–Kier alpha value is -1.97. The van der Waals surface area contributed by atoms with Gasteiger partial charge in [-0.05, 0) is 43.7 Å². The van der Waals surface area contributed by atoms with Crippen LogP contribution in [0.5, 0.6) is 0 Å². The minimum atomic E-state index is -0.126. The third-order valence-electron chi connectivity index (χ3n) is 4.61. The van der Waals surface area contributed by atoms with Crippen LogP contribution in [0, 0.1) is 0 Å². The highest BCUT2D eigenvalue weighted by atomic mass is 35.5. The van der Waals surface area contributed by atoms with Gasteiger partial charge in [-0.3, -0.25) is 4.99 Å². The minimum Gasteiger partial charge on any atom is -0.372 e. The second kappa shape index (κ2) is 6.08. The Balaban J connectivity index is 1.87. The predicted octanol–water partition coefficient (Wildman–Crippen LogP) is 6.08. The van der Waals surface area contributed by atoms with E-state index < -0.39 is 0 Å². The van der Waals surface area contributed by atoms with Crippen LogP contribution in [-0.4, -0.2) is 11.8 Å². The van der Waals surface area contributed by atoms with Crippen molar-refractivity contribution in [1.29, 1.82) is 0 Å². The van der Waals surface area contributed by atoms with Gasteiger partial charge in [0.15, 0.2) is 0 Å². The third kappa shape index (κ3) is 3.14. The highest BCUT2D eigenvalue weighted by molar-refractivity contribution is 6.35. The Labute approximate surface area is 157 Å². The first kappa shape index (κ1) is 16.5. The van der Waals surface area contributed by atoms with E-state index in [0.29, 0.717) is 10.0 Å². The fourth-order valence-electron chi connectivity index (χ4n) is 3.36. The lowest BCUT2D eigenvalue weighted by atomic mass is 9.89. The standard InChI is InChI=1S/C20H19Cl2N3/c1-20(2)10-18-14(11-23-20)19(13-8-7-12(21)9-15(13)22)25-17-6-4-3-5-16(17)24-18/h3-9,11,19,24-25H,10H2,1-2H3. The molecule has 1 unspecified atom stereocenters. The van der Waals surface area contributed by atoms with Crippen LogP contribution in [0.15, 0.2) is 58.7 Å². The summed E-state index contributed by atoms with van der Waals surface area (Å²) in [5, 5.41) is 8.51. The molecule has 0 amide bonds. The van der Waals surface area contributed by atoms with Crippen LogP contribution in [-0.2, 0) is 0 Å². The Morgan fingerprint density at radius 1 is 1.08 bits per heavy atom. The number of hydrogen-bond acceptors (Lipinski definition) is 3. The SMILES string of the molecule is CC1(C)CC2=C(C=N1)C(c1ccc(Cl)cc1Cl)Nc1ccccc1N2. The lowest BCUT2D eigenvalue weighted by molar-refractivity contribution is 0.512. The maximum atomic E-state index is 6.52. The fraction of sp³-hybridized carbons (Fsp3) is 0.250. The second-order valence-electron chi connectivity index (χ2n) is 7.10. The van der Waals surface area contributed by atoms with Crippen LogP contribution in [0.1, 0.15) is 31.9 Å². The first-order chi connectivity index (χ1) is 11.9. The van der Waals surface area contributed by atoms with Gasteiger partial charge in [-0.15, -0.1) is 0 Å². The summed E-state index contributed by atoms with van der Waals surface area (Å²) < 4.78 is 0. The van der Waals surface area contributed by atoms with Gasteiger partial charge in [0.1, 0.15) is 0 Å². The second-order valence-corrected chi connectivity index (χ2v) is 7.94. The van der Waals surface area contributed by atoms with Gasteiger partial charge in [0, 0.05) is 34.0 Å². The third-order valence-corrected chi connectivity index (χ3v) is 5.17. The first-order valence-electron chi connectivity index (χ1n) is 8.29. The number of hydrogen-bond donors (Lipinski definition) is 2. The molecule has 0 radical (unpaired) electrons. The van der Waals surface area contributed by atoms with E-state index in [0.717, 1.165) is 28.9 Å². The lowest BCUT2D eigenvalue weighted by Gasteiger charge is -2.30. The summed E-state index contributed by atoms with van der Waals surface area (Å²) >= 11 is 12.6. The van der Waals surface area contributed by atoms with Crippen molar-refractivity contribution < 1.29 is 0 Å². The zero-order valence-corrected chi connectivity index (χ0v) is 15.6. The van der Waals surface area contributed by atoms with Crippen LogP contribution in [0.2, 0.25) is 10.0 Å². The van der Waals surface area contributed by atoms with Gasteiger partial charge >= 0.3 is 0 Å². The average molecular weight is 372 g/mol. The van der Waals surface area contributed by atoms with E-state index in [2.05, 4.69) is 36.6 Å². The monoisotopic (exact) mass is 371 g/mol. The van der Waals surface area contributed by atoms with Gasteiger partial charge in [0.25, 0.3) is 0 Å². The van der Waals surface area contributed by atoms with Crippen LogP contribution in [0.25, 0.3) is 0 Å². The highest BCUT2D eigenvalue weighted by Gasteiger charge is 2.31. The molecule has 2 aliphatic heterocycles. The van der Waals surface area contributed by atoms with Crippen molar-refractivity contribution in [3.63, 3.8) is 0 Å². The van der Waals surface area contributed by atoms with Gasteiger partial charge in [0.2, 0.25) is 0 Å². The molecule has 0 saturated carbocycles. The number of nitrogens with one attached hydrogen (secondary N) is 2. The van der Waals surface area contributed by atoms with Crippen molar-refractivity contribution in [2.24, 2.45) is 4.99 Å². The molecular formula is C20H19Cl2N3. The van der Waals surface area contributed by atoms with E-state index in [9.17, 15) is 0 Å². The van der Waals surface area contributed by atoms with Crippen molar-refractivity contribution in [2.75, 3.05) is 10.6 Å². The summed E-state index contributed by atoms with van der Waals surface area (Å²) in [6.07, 6.45) is 2.82. The molecule has 128 valence electrons. The number of fused-ring (bicyclic) bond motifs is 1. The minimum absolute atomic E-state index is 0.0873. The molecule has 0 aliphatic carbocycles. The Bertz CT molecular complexity index is 900. The van der Waals surface area contributed by atoms with Crippen molar-refractivity contribution in [3.05, 3.63) is 69.3 Å². The van der Waals surface area contributed by atoms with Gasteiger partial charge in [-0.25, -0.2) is 0 Å². The van der Waals surface area contributed by atoms with Gasteiger partial charge < -0.3 is 10.6 Å². The topological polar surface area (TPSA) is 36.4 Å². The zero-order valence-electron chi connectivity index (χ0n) is 14.1. The van der Waals surface area contributed by atoms with Crippen LogP contribution < -0.4 is 10.6 Å². The van der Waals surface area contributed by atoms with E-state index in [4.69, 9.17) is 28.2 Å². The quantitative estimate of drug-likeness (QED) is 0.637. The molecule has 0 fully saturated rings. The van der Waals surface area contributed by atoms with Gasteiger partial charge in [-0.1, -0.05) is 41.4 Å². The maximum absolute atomic E-state index is 6.52. The number of para-hydroxylation sites is 2. The van der Waals surface area contributed by atoms with Crippen molar-refractivity contribution >= 4 is 40.8 Å². The molecule has 0 spiro atoms. The molecule has 0 aromatic heterocycles. The van der Waals surface area contributed by atoms with Crippen molar-refractivity contribution in [3.8, 4) is 0 Å². The van der Waals surface area contributed by atoms with Crippen LogP contribution in [0.4, 0.5) is 11.4 Å². The molecule has 5 heteroatoms. The van der Waals surface area contributed by atoms with E-state index in [1.807, 2.05) is 30.5 Å². The Kier molecular flexibility index (Phi) is 4.01. The van der Waals surface area contributed by atoms with Gasteiger partial charge in [-0.2, -0.15) is 0 Å². The summed E-state index contributed by atoms with van der Waals surface area (Å²) in [6, 6.07) is 13.8. The molecule has 2 aromatic carbocycles. The summed E-state index contributed by atoms with van der Waals surface area (Å²) in [6.45, 7) is 4.28. The molecule has 2 aromatic rings. The molecule has 3 nitrogen and oxygen atoms in total. The van der Waals surface area contributed by atoms with Crippen LogP contribution in [0.3, 0.4) is 0 Å². The molecule has 2 aliphatic rings. The van der Waals surface area contributed by atoms with E-state index >= 15 is 0 Å². The number of nitrogens with zero attached hydrogens (tertiary/aromatic N) is 1. The molecule has 0 saturated heterocycles. The van der Waals surface area contributed by atoms with E-state index in [1.165, 1.54) is 5.70 Å². The van der Waals surface area contributed by atoms with Crippen molar-refractivity contribution in [2.45, 2.75) is 31.8 Å². The fourth-order valence-corrected chi connectivity index (χ4v) is 3.88. The van der Waals surface area contributed by atoms with Gasteiger partial charge in [0.05, 0.1) is 23.0 Å². The molecule has 25 heavy (non-hydrogen) atoms. The van der Waals surface area contributed by atoms with Crippen molar-refractivity contribution in [1.82, 2.24) is 0 Å². The average Bonchev–Trinajstić information content (AvgIpc) is 2.69. The first-order valence-corrected chi connectivity index (χ1v) is 9.04. The Morgan fingerprint density at radius 3 is 2.60 bits per heavy atom. The largest absolute Gasteiger partial charge is 0.372 e. The Morgan fingerprint density at radius 2 is 1.84 bits per heavy atom. The number of anilines is 2. The smallest absolute Gasteiger partial charge is 0.0814 e. The molecule has 1 atom stereocenters. The summed E-state index contributed by atoms with van der Waals surface area (Å²) in [4.78, 5) is 4.74. The van der Waals surface area contributed by atoms with Crippen LogP contribution >= 0.6 is 23.2 Å². The summed E-state index contributed by atoms with van der Waals surface area (Å²) in [7, 11) is 0. The molecule has 0 bridgehead atoms.